The van der Waals surface area contributed by atoms with Gasteiger partial charge in [-0.2, -0.15) is 0 Å². The number of hydrogen-bond donors (Lipinski definition) is 2. The highest BCUT2D eigenvalue weighted by Gasteiger charge is 2.21. The van der Waals surface area contributed by atoms with E-state index >= 15 is 0 Å². The van der Waals surface area contributed by atoms with Gasteiger partial charge in [0.25, 0.3) is 5.56 Å². The summed E-state index contributed by atoms with van der Waals surface area (Å²) in [6.45, 7) is 3.54. The topological polar surface area (TPSA) is 123 Å². The number of anilines is 1. The molecule has 0 unspecified atom stereocenters. The second kappa shape index (κ2) is 9.71. The summed E-state index contributed by atoms with van der Waals surface area (Å²) in [5.74, 6) is -1.04. The molecule has 0 aliphatic carbocycles. The number of oxazole rings is 1. The zero-order valence-corrected chi connectivity index (χ0v) is 21.2. The van der Waals surface area contributed by atoms with E-state index in [2.05, 4.69) is 15.3 Å². The zero-order valence-electron chi connectivity index (χ0n) is 20.5. The van der Waals surface area contributed by atoms with E-state index in [1.807, 2.05) is 19.1 Å². The summed E-state index contributed by atoms with van der Waals surface area (Å²) in [5, 5.41) is 12.7. The molecular formula is C27H21ClFN5O4. The molecule has 2 N–H and O–H groups in total. The fourth-order valence-corrected chi connectivity index (χ4v) is 4.38. The van der Waals surface area contributed by atoms with Crippen LogP contribution in [0.2, 0.25) is 5.15 Å². The van der Waals surface area contributed by atoms with E-state index in [9.17, 15) is 19.1 Å². The zero-order chi connectivity index (χ0) is 27.1. The second-order valence-corrected chi connectivity index (χ2v) is 9.15. The lowest BCUT2D eigenvalue weighted by molar-refractivity contribution is 0.0691. The molecule has 0 amide bonds. The Kier molecular flexibility index (Phi) is 6.41. The summed E-state index contributed by atoms with van der Waals surface area (Å²) in [4.78, 5) is 37.9. The average Bonchev–Trinajstić information content (AvgIpc) is 3.33. The number of carboxylic acid groups (broad SMARTS) is 1. The summed E-state index contributed by atoms with van der Waals surface area (Å²) >= 11 is 5.86. The highest BCUT2D eigenvalue weighted by atomic mass is 35.5. The van der Waals surface area contributed by atoms with Crippen molar-refractivity contribution in [2.75, 3.05) is 5.32 Å². The number of pyridine rings is 1. The van der Waals surface area contributed by atoms with E-state index in [0.29, 0.717) is 22.8 Å². The monoisotopic (exact) mass is 533 g/mol. The number of aryl methyl sites for hydroxylation is 1. The van der Waals surface area contributed by atoms with E-state index in [1.54, 1.807) is 32.4 Å². The standard InChI is InChI=1S/C27H21ClFN5O4/c1-13-12-38-25(30-13)16-6-4-15(5-7-16)24-33-22-18(10-17(29)11-19(22)26(35)34(24)3)14(2)31-20-8-9-21(28)32-23(20)27(36)37/h4-12,14,31H,1-3H3,(H,36,37)/t14-/m1/s1. The molecule has 0 spiro atoms. The van der Waals surface area contributed by atoms with Crippen molar-refractivity contribution < 1.29 is 18.7 Å². The fraction of sp³-hybridized carbons (Fsp3) is 0.148. The number of aromatic nitrogens is 4. The second-order valence-electron chi connectivity index (χ2n) is 8.76. The molecule has 5 aromatic rings. The van der Waals surface area contributed by atoms with Gasteiger partial charge in [0.15, 0.2) is 5.69 Å². The van der Waals surface area contributed by atoms with Crippen molar-refractivity contribution in [3.05, 3.63) is 93.1 Å². The van der Waals surface area contributed by atoms with Crippen LogP contribution < -0.4 is 10.9 Å². The molecule has 5 rings (SSSR count). The first kappa shape index (κ1) is 25.1. The first-order chi connectivity index (χ1) is 18.1. The van der Waals surface area contributed by atoms with Gasteiger partial charge in [-0.3, -0.25) is 9.36 Å². The molecule has 11 heteroatoms. The van der Waals surface area contributed by atoms with Gasteiger partial charge in [-0.15, -0.1) is 0 Å². The SMILES string of the molecule is Cc1coc(-c2ccc(-c3nc4c([C@@H](C)Nc5ccc(Cl)nc5C(=O)O)cc(F)cc4c(=O)n3C)cc2)n1. The Bertz CT molecular complexity index is 1760. The predicted octanol–water partition coefficient (Wildman–Crippen LogP) is 5.62. The van der Waals surface area contributed by atoms with Crippen molar-refractivity contribution in [3.63, 3.8) is 0 Å². The minimum atomic E-state index is -1.27. The number of carbonyl (C=O) groups is 1. The molecule has 0 fully saturated rings. The highest BCUT2D eigenvalue weighted by Crippen LogP contribution is 2.30. The first-order valence-electron chi connectivity index (χ1n) is 11.5. The Morgan fingerprint density at radius 2 is 1.82 bits per heavy atom. The van der Waals surface area contributed by atoms with E-state index in [4.69, 9.17) is 21.0 Å². The maximum atomic E-state index is 14.7. The Morgan fingerprint density at radius 1 is 1.11 bits per heavy atom. The van der Waals surface area contributed by atoms with Crippen molar-refractivity contribution in [2.24, 2.45) is 7.05 Å². The van der Waals surface area contributed by atoms with Crippen LogP contribution in [0.25, 0.3) is 33.7 Å². The maximum absolute atomic E-state index is 14.7. The molecule has 38 heavy (non-hydrogen) atoms. The van der Waals surface area contributed by atoms with Crippen LogP contribution in [0.4, 0.5) is 10.1 Å². The molecule has 0 bridgehead atoms. The molecule has 0 aliphatic heterocycles. The number of benzene rings is 2. The Morgan fingerprint density at radius 3 is 2.47 bits per heavy atom. The maximum Gasteiger partial charge on any atom is 0.356 e. The third-order valence-corrected chi connectivity index (χ3v) is 6.30. The summed E-state index contributed by atoms with van der Waals surface area (Å²) in [6.07, 6.45) is 1.56. The van der Waals surface area contributed by atoms with E-state index in [-0.39, 0.29) is 27.4 Å². The van der Waals surface area contributed by atoms with Crippen molar-refractivity contribution in [3.8, 4) is 22.8 Å². The number of fused-ring (bicyclic) bond motifs is 1. The van der Waals surface area contributed by atoms with Gasteiger partial charge in [0.2, 0.25) is 5.89 Å². The van der Waals surface area contributed by atoms with Crippen LogP contribution in [0.5, 0.6) is 0 Å². The molecular weight excluding hydrogens is 513 g/mol. The summed E-state index contributed by atoms with van der Waals surface area (Å²) < 4.78 is 21.5. The van der Waals surface area contributed by atoms with Crippen molar-refractivity contribution in [1.29, 1.82) is 0 Å². The Balaban J connectivity index is 1.60. The normalized spacial score (nSPS) is 12.0. The average molecular weight is 534 g/mol. The summed E-state index contributed by atoms with van der Waals surface area (Å²) in [5.41, 5.74) is 2.32. The van der Waals surface area contributed by atoms with Gasteiger partial charge in [0, 0.05) is 23.7 Å². The summed E-state index contributed by atoms with van der Waals surface area (Å²) in [7, 11) is 1.57. The molecule has 0 aliphatic rings. The molecule has 3 heterocycles. The van der Waals surface area contributed by atoms with E-state index in [1.165, 1.54) is 22.8 Å². The van der Waals surface area contributed by atoms with E-state index < -0.39 is 23.4 Å². The fourth-order valence-electron chi connectivity index (χ4n) is 4.23. The van der Waals surface area contributed by atoms with Crippen molar-refractivity contribution in [2.45, 2.75) is 19.9 Å². The lowest BCUT2D eigenvalue weighted by Gasteiger charge is -2.19. The van der Waals surface area contributed by atoms with Crippen LogP contribution in [-0.4, -0.2) is 30.6 Å². The lowest BCUT2D eigenvalue weighted by Crippen LogP contribution is -2.22. The van der Waals surface area contributed by atoms with Gasteiger partial charge in [-0.05, 0) is 50.2 Å². The minimum Gasteiger partial charge on any atom is -0.476 e. The van der Waals surface area contributed by atoms with Gasteiger partial charge >= 0.3 is 5.97 Å². The highest BCUT2D eigenvalue weighted by molar-refractivity contribution is 6.29. The third kappa shape index (κ3) is 4.61. The van der Waals surface area contributed by atoms with Crippen LogP contribution >= 0.6 is 11.6 Å². The van der Waals surface area contributed by atoms with E-state index in [0.717, 1.165) is 17.3 Å². The number of aromatic carboxylic acids is 1. The molecule has 3 aromatic heterocycles. The molecule has 2 aromatic carbocycles. The molecule has 1 atom stereocenters. The number of halogens is 2. The molecule has 0 saturated carbocycles. The van der Waals surface area contributed by atoms with Gasteiger partial charge in [0.1, 0.15) is 23.1 Å². The molecule has 0 saturated heterocycles. The van der Waals surface area contributed by atoms with Gasteiger partial charge < -0.3 is 14.8 Å². The van der Waals surface area contributed by atoms with Crippen molar-refractivity contribution in [1.82, 2.24) is 19.5 Å². The molecule has 192 valence electrons. The molecule has 9 nitrogen and oxygen atoms in total. The Labute approximate surface area is 220 Å². The number of rotatable bonds is 6. The predicted molar refractivity (Wildman–Crippen MR) is 141 cm³/mol. The molecule has 0 radical (unpaired) electrons. The quantitative estimate of drug-likeness (QED) is 0.269. The number of nitrogens with one attached hydrogen (secondary N) is 1. The number of hydrogen-bond acceptors (Lipinski definition) is 7. The summed E-state index contributed by atoms with van der Waals surface area (Å²) in [6, 6.07) is 11.9. The van der Waals surface area contributed by atoms with Crippen LogP contribution in [0, 0.1) is 12.7 Å². The van der Waals surface area contributed by atoms with Gasteiger partial charge in [-0.1, -0.05) is 23.7 Å². The van der Waals surface area contributed by atoms with Gasteiger partial charge in [-0.25, -0.2) is 24.1 Å². The Hall–Kier alpha value is -4.57. The number of carboxylic acids is 1. The van der Waals surface area contributed by atoms with Gasteiger partial charge in [0.05, 0.1) is 28.3 Å². The first-order valence-corrected chi connectivity index (χ1v) is 11.9. The largest absolute Gasteiger partial charge is 0.476 e. The smallest absolute Gasteiger partial charge is 0.356 e. The van der Waals surface area contributed by atoms with Crippen LogP contribution in [-0.2, 0) is 7.05 Å². The van der Waals surface area contributed by atoms with Crippen LogP contribution in [0.15, 0.2) is 64.0 Å². The van der Waals surface area contributed by atoms with Crippen LogP contribution in [0.1, 0.15) is 34.7 Å². The van der Waals surface area contributed by atoms with Crippen molar-refractivity contribution >= 4 is 34.2 Å². The third-order valence-electron chi connectivity index (χ3n) is 6.09. The minimum absolute atomic E-state index is 0.0237. The lowest BCUT2D eigenvalue weighted by atomic mass is 10.0. The number of nitrogens with zero attached hydrogens (tertiary/aromatic N) is 4. The van der Waals surface area contributed by atoms with Crippen LogP contribution in [0.3, 0.4) is 0 Å².